The molecule has 0 bridgehead atoms. The lowest BCUT2D eigenvalue weighted by molar-refractivity contribution is -0.126. The molecule has 0 saturated carbocycles. The van der Waals surface area contributed by atoms with Crippen LogP contribution in [0.1, 0.15) is 26.7 Å². The van der Waals surface area contributed by atoms with Crippen molar-refractivity contribution in [3.63, 3.8) is 0 Å². The van der Waals surface area contributed by atoms with Gasteiger partial charge in [-0.25, -0.2) is 0 Å². The number of nitrogens with zero attached hydrogens (tertiary/aromatic N) is 1. The van der Waals surface area contributed by atoms with E-state index < -0.39 is 5.54 Å². The minimum Gasteiger partial charge on any atom is -0.394 e. The predicted octanol–water partition coefficient (Wildman–Crippen LogP) is -0.0123. The molecule has 5 heteroatoms. The van der Waals surface area contributed by atoms with Gasteiger partial charge in [0.25, 0.3) is 0 Å². The molecule has 1 saturated heterocycles. The molecule has 0 aromatic heterocycles. The molecule has 1 heterocycles. The number of ether oxygens (including phenoxy) is 1. The summed E-state index contributed by atoms with van der Waals surface area (Å²) in [6.07, 6.45) is 6.76. The number of aliphatic hydroxyl groups excluding tert-OH is 1. The molecule has 1 unspecified atom stereocenters. The Morgan fingerprint density at radius 2 is 2.26 bits per heavy atom. The van der Waals surface area contributed by atoms with Gasteiger partial charge in [0.1, 0.15) is 5.54 Å². The smallest absolute Gasteiger partial charge is 0.235 e. The van der Waals surface area contributed by atoms with Gasteiger partial charge in [-0.2, -0.15) is 0 Å². The lowest BCUT2D eigenvalue weighted by Crippen LogP contribution is -2.52. The van der Waals surface area contributed by atoms with Gasteiger partial charge >= 0.3 is 0 Å². The molecule has 5 nitrogen and oxygen atoms in total. The Kier molecular flexibility index (Phi) is 6.29. The van der Waals surface area contributed by atoms with Gasteiger partial charge in [0, 0.05) is 13.1 Å². The molecular formula is C14H24N2O3. The lowest BCUT2D eigenvalue weighted by Gasteiger charge is -2.33. The second-order valence-corrected chi connectivity index (χ2v) is 4.89. The van der Waals surface area contributed by atoms with E-state index in [2.05, 4.69) is 11.2 Å². The molecule has 1 aliphatic heterocycles. The topological polar surface area (TPSA) is 61.8 Å². The number of carbonyl (C=O) groups is 1. The van der Waals surface area contributed by atoms with Gasteiger partial charge in [0.05, 0.1) is 25.9 Å². The maximum atomic E-state index is 12.0. The van der Waals surface area contributed by atoms with Gasteiger partial charge in [-0.1, -0.05) is 19.8 Å². The number of hydrogen-bond acceptors (Lipinski definition) is 4. The van der Waals surface area contributed by atoms with Crippen molar-refractivity contribution in [3.05, 3.63) is 0 Å². The first-order valence-corrected chi connectivity index (χ1v) is 6.82. The van der Waals surface area contributed by atoms with Crippen molar-refractivity contribution >= 4 is 5.91 Å². The van der Waals surface area contributed by atoms with E-state index in [1.54, 1.807) is 0 Å². The first-order chi connectivity index (χ1) is 9.09. The van der Waals surface area contributed by atoms with Crippen LogP contribution in [0.2, 0.25) is 0 Å². The van der Waals surface area contributed by atoms with Crippen molar-refractivity contribution in [2.75, 3.05) is 32.8 Å². The van der Waals surface area contributed by atoms with Crippen LogP contribution in [-0.4, -0.2) is 60.4 Å². The van der Waals surface area contributed by atoms with E-state index in [9.17, 15) is 4.79 Å². The normalized spacial score (nSPS) is 20.8. The van der Waals surface area contributed by atoms with Crippen LogP contribution < -0.4 is 5.32 Å². The average molecular weight is 268 g/mol. The number of rotatable bonds is 6. The summed E-state index contributed by atoms with van der Waals surface area (Å²) in [5.41, 5.74) is -0.542. The highest BCUT2D eigenvalue weighted by atomic mass is 16.5. The lowest BCUT2D eigenvalue weighted by atomic mass is 9.94. The third-order valence-corrected chi connectivity index (χ3v) is 3.66. The number of nitrogens with one attached hydrogen (secondary N) is 1. The molecule has 1 rings (SSSR count). The summed E-state index contributed by atoms with van der Waals surface area (Å²) in [5.74, 6) is 2.62. The van der Waals surface area contributed by atoms with E-state index in [0.29, 0.717) is 39.1 Å². The largest absolute Gasteiger partial charge is 0.394 e. The molecule has 0 radical (unpaired) electrons. The van der Waals surface area contributed by atoms with E-state index in [0.717, 1.165) is 0 Å². The van der Waals surface area contributed by atoms with E-state index in [1.807, 2.05) is 18.7 Å². The van der Waals surface area contributed by atoms with Crippen molar-refractivity contribution in [1.29, 1.82) is 0 Å². The van der Waals surface area contributed by atoms with Crippen LogP contribution in [0.3, 0.4) is 0 Å². The molecule has 1 aliphatic rings. The number of aliphatic hydroxyl groups is 1. The van der Waals surface area contributed by atoms with E-state index >= 15 is 0 Å². The summed E-state index contributed by atoms with van der Waals surface area (Å²) in [6, 6.07) is 0. The number of carbonyl (C=O) groups excluding carboxylic acids is 1. The monoisotopic (exact) mass is 268 g/mol. The first-order valence-electron chi connectivity index (χ1n) is 6.82. The van der Waals surface area contributed by atoms with E-state index in [1.165, 1.54) is 0 Å². The van der Waals surface area contributed by atoms with Crippen molar-refractivity contribution in [1.82, 2.24) is 10.2 Å². The molecular weight excluding hydrogens is 244 g/mol. The standard InChI is InChI=1S/C14H24N2O3/c1-4-14(5-2,6-3)15-13(18)10-16-7-8-19-12(9-16)11-17/h1,12,17H,5-11H2,2-3H3,(H,15,18). The molecule has 0 aliphatic carbocycles. The minimum atomic E-state index is -0.542. The molecule has 1 amide bonds. The summed E-state index contributed by atoms with van der Waals surface area (Å²) in [7, 11) is 0. The summed E-state index contributed by atoms with van der Waals surface area (Å²) < 4.78 is 5.35. The third kappa shape index (κ3) is 4.50. The van der Waals surface area contributed by atoms with Crippen LogP contribution in [0.4, 0.5) is 0 Å². The zero-order valence-corrected chi connectivity index (χ0v) is 11.8. The van der Waals surface area contributed by atoms with Crippen molar-refractivity contribution in [2.45, 2.75) is 38.3 Å². The molecule has 1 atom stereocenters. The summed E-state index contributed by atoms with van der Waals surface area (Å²) in [5, 5.41) is 12.0. The fourth-order valence-electron chi connectivity index (χ4n) is 2.21. The predicted molar refractivity (Wildman–Crippen MR) is 73.6 cm³/mol. The van der Waals surface area contributed by atoms with Crippen LogP contribution in [0.25, 0.3) is 0 Å². The Labute approximate surface area is 115 Å². The summed E-state index contributed by atoms with van der Waals surface area (Å²) in [4.78, 5) is 14.0. The number of amides is 1. The highest BCUT2D eigenvalue weighted by Gasteiger charge is 2.27. The molecule has 0 aromatic rings. The molecule has 0 spiro atoms. The molecule has 2 N–H and O–H groups in total. The van der Waals surface area contributed by atoms with Gasteiger partial charge in [0.2, 0.25) is 5.91 Å². The highest BCUT2D eigenvalue weighted by molar-refractivity contribution is 5.79. The summed E-state index contributed by atoms with van der Waals surface area (Å²) >= 11 is 0. The number of hydrogen-bond donors (Lipinski definition) is 2. The Balaban J connectivity index is 2.49. The highest BCUT2D eigenvalue weighted by Crippen LogP contribution is 2.13. The Bertz CT molecular complexity index is 334. The van der Waals surface area contributed by atoms with Crippen LogP contribution >= 0.6 is 0 Å². The van der Waals surface area contributed by atoms with Crippen LogP contribution in [-0.2, 0) is 9.53 Å². The number of morpholine rings is 1. The summed E-state index contributed by atoms with van der Waals surface area (Å²) in [6.45, 7) is 6.04. The zero-order chi connectivity index (χ0) is 14.3. The Morgan fingerprint density at radius 1 is 1.58 bits per heavy atom. The Hall–Kier alpha value is -1.09. The van der Waals surface area contributed by atoms with Gasteiger partial charge in [0.15, 0.2) is 0 Å². The van der Waals surface area contributed by atoms with Gasteiger partial charge < -0.3 is 15.2 Å². The first kappa shape index (κ1) is 16.0. The maximum Gasteiger partial charge on any atom is 0.235 e. The fourth-order valence-corrected chi connectivity index (χ4v) is 2.21. The van der Waals surface area contributed by atoms with E-state index in [4.69, 9.17) is 16.3 Å². The second kappa shape index (κ2) is 7.49. The maximum absolute atomic E-state index is 12.0. The quantitative estimate of drug-likeness (QED) is 0.665. The van der Waals surface area contributed by atoms with Gasteiger partial charge in [-0.05, 0) is 12.8 Å². The van der Waals surface area contributed by atoms with Gasteiger partial charge in [-0.15, -0.1) is 6.42 Å². The molecule has 0 aromatic carbocycles. The third-order valence-electron chi connectivity index (χ3n) is 3.66. The molecule has 108 valence electrons. The molecule has 1 fully saturated rings. The van der Waals surface area contributed by atoms with Crippen molar-refractivity contribution in [2.24, 2.45) is 0 Å². The van der Waals surface area contributed by atoms with Crippen LogP contribution in [0.15, 0.2) is 0 Å². The minimum absolute atomic E-state index is 0.0175. The van der Waals surface area contributed by atoms with Crippen LogP contribution in [0.5, 0.6) is 0 Å². The van der Waals surface area contributed by atoms with Gasteiger partial charge in [-0.3, -0.25) is 9.69 Å². The fraction of sp³-hybridized carbons (Fsp3) is 0.786. The van der Waals surface area contributed by atoms with Crippen molar-refractivity contribution < 1.29 is 14.6 Å². The van der Waals surface area contributed by atoms with E-state index in [-0.39, 0.29) is 18.6 Å². The SMILES string of the molecule is C#CC(CC)(CC)NC(=O)CN1CCOC(CO)C1. The number of terminal acetylenes is 1. The zero-order valence-electron chi connectivity index (χ0n) is 11.8. The van der Waals surface area contributed by atoms with Crippen molar-refractivity contribution in [3.8, 4) is 12.3 Å². The van der Waals surface area contributed by atoms with Crippen LogP contribution in [0, 0.1) is 12.3 Å². The second-order valence-electron chi connectivity index (χ2n) is 4.89. The average Bonchev–Trinajstić information content (AvgIpc) is 2.45. The molecule has 19 heavy (non-hydrogen) atoms. The Morgan fingerprint density at radius 3 is 2.79 bits per heavy atom.